The fraction of sp³-hybridized carbons (Fsp3) is 0.750. The van der Waals surface area contributed by atoms with E-state index in [1.165, 1.54) is 0 Å². The highest BCUT2D eigenvalue weighted by Gasteiger charge is 2.41. The molecule has 21 heavy (non-hydrogen) atoms. The number of fused-ring (bicyclic) bond motifs is 1. The van der Waals surface area contributed by atoms with Crippen molar-refractivity contribution in [1.82, 2.24) is 9.88 Å². The lowest BCUT2D eigenvalue weighted by Crippen LogP contribution is -2.51. The third kappa shape index (κ3) is 2.71. The van der Waals surface area contributed by atoms with Crippen molar-refractivity contribution < 1.29 is 14.3 Å². The Balaban J connectivity index is 1.74. The Morgan fingerprint density at radius 3 is 2.71 bits per heavy atom. The van der Waals surface area contributed by atoms with Crippen LogP contribution in [0.2, 0.25) is 0 Å². The number of rotatable bonds is 2. The molecule has 0 saturated heterocycles. The van der Waals surface area contributed by atoms with Crippen LogP contribution in [0, 0.1) is 0 Å². The van der Waals surface area contributed by atoms with Gasteiger partial charge >= 0.3 is 0 Å². The van der Waals surface area contributed by atoms with E-state index in [0.717, 1.165) is 36.6 Å². The molecular formula is C16H24N2O3. The molecule has 1 N–H and O–H groups in total. The molecule has 5 heteroatoms. The van der Waals surface area contributed by atoms with Crippen molar-refractivity contribution >= 4 is 5.91 Å². The number of nitrogens with zero attached hydrogens (tertiary/aromatic N) is 2. The van der Waals surface area contributed by atoms with Gasteiger partial charge in [0.05, 0.1) is 6.54 Å². The van der Waals surface area contributed by atoms with E-state index in [1.807, 2.05) is 13.8 Å². The van der Waals surface area contributed by atoms with Gasteiger partial charge in [-0.05, 0) is 12.8 Å². The average Bonchev–Trinajstić information content (AvgIpc) is 2.90. The molecule has 1 aromatic rings. The molecule has 2 aliphatic rings. The highest BCUT2D eigenvalue weighted by atomic mass is 16.4. The zero-order valence-electron chi connectivity index (χ0n) is 12.9. The maximum absolute atomic E-state index is 12.6. The summed E-state index contributed by atoms with van der Waals surface area (Å²) in [7, 11) is 0. The van der Waals surface area contributed by atoms with Gasteiger partial charge in [-0.15, -0.1) is 0 Å². The van der Waals surface area contributed by atoms with E-state index < -0.39 is 5.60 Å². The molecule has 5 nitrogen and oxygen atoms in total. The average molecular weight is 292 g/mol. The number of hydrogen-bond acceptors (Lipinski definition) is 4. The number of carbonyl (C=O) groups is 1. The maximum Gasteiger partial charge on any atom is 0.254 e. The first kappa shape index (κ1) is 14.6. The molecule has 0 unspecified atom stereocenters. The summed E-state index contributed by atoms with van der Waals surface area (Å²) < 4.78 is 5.75. The fourth-order valence-electron chi connectivity index (χ4n) is 3.28. The summed E-state index contributed by atoms with van der Waals surface area (Å²) in [5.74, 6) is 1.77. The van der Waals surface area contributed by atoms with Gasteiger partial charge in [0.25, 0.3) is 5.91 Å². The van der Waals surface area contributed by atoms with E-state index >= 15 is 0 Å². The molecular weight excluding hydrogens is 268 g/mol. The van der Waals surface area contributed by atoms with E-state index in [9.17, 15) is 9.90 Å². The van der Waals surface area contributed by atoms with Gasteiger partial charge in [-0.1, -0.05) is 33.1 Å². The highest BCUT2D eigenvalue weighted by molar-refractivity contribution is 5.85. The number of aromatic nitrogens is 1. The van der Waals surface area contributed by atoms with Gasteiger partial charge < -0.3 is 14.4 Å². The third-order valence-corrected chi connectivity index (χ3v) is 4.60. The van der Waals surface area contributed by atoms with Gasteiger partial charge in [0, 0.05) is 18.9 Å². The molecule has 0 atom stereocenters. The Hall–Kier alpha value is -1.36. The lowest BCUT2D eigenvalue weighted by Gasteiger charge is -2.36. The van der Waals surface area contributed by atoms with Crippen molar-refractivity contribution in [3.63, 3.8) is 0 Å². The first-order chi connectivity index (χ1) is 9.99. The van der Waals surface area contributed by atoms with Crippen LogP contribution in [-0.2, 0) is 17.8 Å². The van der Waals surface area contributed by atoms with Crippen LogP contribution < -0.4 is 0 Å². The minimum atomic E-state index is -1.15. The fourth-order valence-corrected chi connectivity index (χ4v) is 3.28. The Labute approximate surface area is 125 Å². The lowest BCUT2D eigenvalue weighted by atomic mass is 9.83. The Kier molecular flexibility index (Phi) is 3.78. The van der Waals surface area contributed by atoms with Crippen LogP contribution in [-0.4, -0.2) is 33.0 Å². The smallest absolute Gasteiger partial charge is 0.254 e. The van der Waals surface area contributed by atoms with Gasteiger partial charge in [-0.2, -0.15) is 0 Å². The van der Waals surface area contributed by atoms with Crippen molar-refractivity contribution in [2.75, 3.05) is 6.54 Å². The molecule has 0 spiro atoms. The molecule has 1 saturated carbocycles. The van der Waals surface area contributed by atoms with E-state index in [1.54, 1.807) is 4.90 Å². The highest BCUT2D eigenvalue weighted by Crippen LogP contribution is 2.32. The molecule has 0 bridgehead atoms. The normalized spacial score (nSPS) is 21.4. The zero-order chi connectivity index (χ0) is 15.0. The van der Waals surface area contributed by atoms with E-state index in [-0.39, 0.29) is 11.8 Å². The predicted octanol–water partition coefficient (Wildman–Crippen LogP) is 2.38. The first-order valence-corrected chi connectivity index (χ1v) is 8.00. The summed E-state index contributed by atoms with van der Waals surface area (Å²) in [4.78, 5) is 18.9. The minimum absolute atomic E-state index is 0.123. The number of amides is 1. The zero-order valence-corrected chi connectivity index (χ0v) is 12.9. The van der Waals surface area contributed by atoms with Crippen molar-refractivity contribution in [3.8, 4) is 0 Å². The summed E-state index contributed by atoms with van der Waals surface area (Å²) >= 11 is 0. The molecule has 3 rings (SSSR count). The summed E-state index contributed by atoms with van der Waals surface area (Å²) in [6.45, 7) is 5.17. The summed E-state index contributed by atoms with van der Waals surface area (Å²) in [6, 6.07) is 0. The topological polar surface area (TPSA) is 66.6 Å². The van der Waals surface area contributed by atoms with Crippen LogP contribution in [0.15, 0.2) is 4.42 Å². The molecule has 2 heterocycles. The monoisotopic (exact) mass is 292 g/mol. The van der Waals surface area contributed by atoms with Gasteiger partial charge in [-0.25, -0.2) is 4.98 Å². The Bertz CT molecular complexity index is 530. The Morgan fingerprint density at radius 1 is 1.33 bits per heavy atom. The first-order valence-electron chi connectivity index (χ1n) is 8.00. The predicted molar refractivity (Wildman–Crippen MR) is 77.7 cm³/mol. The molecule has 1 aliphatic carbocycles. The number of aliphatic hydroxyl groups is 1. The SMILES string of the molecule is CC(C)c1nc2c(o1)CCN(C(=O)C1(O)CCCCC1)C2. The van der Waals surface area contributed by atoms with E-state index in [0.29, 0.717) is 32.4 Å². The van der Waals surface area contributed by atoms with Crippen LogP contribution in [0.5, 0.6) is 0 Å². The summed E-state index contributed by atoms with van der Waals surface area (Å²) in [5.41, 5.74) is -0.293. The molecule has 1 aromatic heterocycles. The minimum Gasteiger partial charge on any atom is -0.445 e. The standard InChI is InChI=1S/C16H24N2O3/c1-11(2)14-17-12-10-18(9-6-13(12)21-14)15(19)16(20)7-4-3-5-8-16/h11,20H,3-10H2,1-2H3. The van der Waals surface area contributed by atoms with Crippen molar-refractivity contribution in [2.45, 2.75) is 70.4 Å². The second-order valence-corrected chi connectivity index (χ2v) is 6.65. The quantitative estimate of drug-likeness (QED) is 0.909. The molecule has 1 aliphatic heterocycles. The maximum atomic E-state index is 12.6. The van der Waals surface area contributed by atoms with Gasteiger partial charge in [0.2, 0.25) is 0 Å². The van der Waals surface area contributed by atoms with Gasteiger partial charge in [0.1, 0.15) is 17.1 Å². The van der Waals surface area contributed by atoms with Crippen molar-refractivity contribution in [2.24, 2.45) is 0 Å². The second kappa shape index (κ2) is 5.44. The van der Waals surface area contributed by atoms with Gasteiger partial charge in [-0.3, -0.25) is 4.79 Å². The van der Waals surface area contributed by atoms with Gasteiger partial charge in [0.15, 0.2) is 5.89 Å². The van der Waals surface area contributed by atoms with Crippen LogP contribution in [0.3, 0.4) is 0 Å². The molecule has 0 aromatic carbocycles. The number of oxazole rings is 1. The number of hydrogen-bond donors (Lipinski definition) is 1. The van der Waals surface area contributed by atoms with Crippen LogP contribution in [0.4, 0.5) is 0 Å². The largest absolute Gasteiger partial charge is 0.445 e. The third-order valence-electron chi connectivity index (χ3n) is 4.60. The summed E-state index contributed by atoms with van der Waals surface area (Å²) in [5, 5.41) is 10.6. The van der Waals surface area contributed by atoms with E-state index in [2.05, 4.69) is 4.98 Å². The van der Waals surface area contributed by atoms with Crippen LogP contribution in [0.1, 0.15) is 69.2 Å². The van der Waals surface area contributed by atoms with Crippen molar-refractivity contribution in [1.29, 1.82) is 0 Å². The summed E-state index contributed by atoms with van der Waals surface area (Å²) in [6.07, 6.45) is 4.85. The number of carbonyl (C=O) groups excluding carboxylic acids is 1. The van der Waals surface area contributed by atoms with E-state index in [4.69, 9.17) is 4.42 Å². The van der Waals surface area contributed by atoms with Crippen molar-refractivity contribution in [3.05, 3.63) is 17.3 Å². The van der Waals surface area contributed by atoms with Crippen LogP contribution in [0.25, 0.3) is 0 Å². The molecule has 1 fully saturated rings. The second-order valence-electron chi connectivity index (χ2n) is 6.65. The Morgan fingerprint density at radius 2 is 2.05 bits per heavy atom. The lowest BCUT2D eigenvalue weighted by molar-refractivity contribution is -0.155. The molecule has 0 radical (unpaired) electrons. The molecule has 1 amide bonds. The molecule has 116 valence electrons. The van der Waals surface area contributed by atoms with Crippen LogP contribution >= 0.6 is 0 Å².